The normalized spacial score (nSPS) is 19.5. The van der Waals surface area contributed by atoms with Gasteiger partial charge in [0.1, 0.15) is 0 Å². The minimum absolute atomic E-state index is 0.0807. The largest absolute Gasteiger partial charge is 0.375 e. The highest BCUT2D eigenvalue weighted by Crippen LogP contribution is 2.43. The van der Waals surface area contributed by atoms with Crippen molar-refractivity contribution in [2.45, 2.75) is 18.9 Å². The molecule has 0 spiro atoms. The number of fused-ring (bicyclic) bond motifs is 2. The van der Waals surface area contributed by atoms with Crippen LogP contribution >= 0.6 is 23.8 Å². The molecule has 1 unspecified atom stereocenters. The van der Waals surface area contributed by atoms with E-state index in [-0.39, 0.29) is 6.04 Å². The summed E-state index contributed by atoms with van der Waals surface area (Å²) >= 11 is 11.3. The number of nitrogens with one attached hydrogen (secondary N) is 1. The molecule has 0 saturated heterocycles. The summed E-state index contributed by atoms with van der Waals surface area (Å²) in [5, 5.41) is 2.92. The fourth-order valence-corrected chi connectivity index (χ4v) is 3.72. The van der Waals surface area contributed by atoms with Crippen LogP contribution in [0.25, 0.3) is 5.70 Å². The molecule has 0 radical (unpaired) electrons. The second-order valence-corrected chi connectivity index (χ2v) is 6.67. The number of hydrogen-bond donors (Lipinski definition) is 2. The van der Waals surface area contributed by atoms with Crippen molar-refractivity contribution in [1.29, 1.82) is 0 Å². The van der Waals surface area contributed by atoms with Gasteiger partial charge in [-0.1, -0.05) is 48.0 Å². The van der Waals surface area contributed by atoms with Crippen LogP contribution < -0.4 is 11.2 Å². The number of benzene rings is 2. The number of nitrogens with zero attached hydrogens (tertiary/aromatic N) is 1. The summed E-state index contributed by atoms with van der Waals surface area (Å²) in [5.74, 6) is 0. The molecular weight excluding hydrogens is 326 g/mol. The van der Waals surface area contributed by atoms with Crippen LogP contribution in [0, 0.1) is 0 Å². The number of rotatable bonds is 1. The van der Waals surface area contributed by atoms with E-state index in [1.807, 2.05) is 29.3 Å². The molecule has 0 fully saturated rings. The van der Waals surface area contributed by atoms with Crippen LogP contribution in [-0.2, 0) is 6.42 Å². The zero-order chi connectivity index (χ0) is 16.0. The van der Waals surface area contributed by atoms with Gasteiger partial charge in [0.05, 0.1) is 11.7 Å². The van der Waals surface area contributed by atoms with Crippen molar-refractivity contribution >= 4 is 34.6 Å². The predicted molar refractivity (Wildman–Crippen MR) is 97.6 cm³/mol. The van der Waals surface area contributed by atoms with Crippen LogP contribution in [0.4, 0.5) is 0 Å². The fraction of sp³-hybridized carbons (Fsp3) is 0.167. The Morgan fingerprint density at radius 2 is 1.87 bits per heavy atom. The maximum atomic E-state index is 6.02. The summed E-state index contributed by atoms with van der Waals surface area (Å²) < 4.78 is 0. The average molecular weight is 342 g/mol. The molecule has 116 valence electrons. The summed E-state index contributed by atoms with van der Waals surface area (Å²) in [6, 6.07) is 16.5. The minimum Gasteiger partial charge on any atom is -0.375 e. The van der Waals surface area contributed by atoms with E-state index in [9.17, 15) is 0 Å². The summed E-state index contributed by atoms with van der Waals surface area (Å²) in [6.45, 7) is 0. The molecule has 3 N–H and O–H groups in total. The number of hydrogen-bond acceptors (Lipinski definition) is 2. The molecule has 0 saturated carbocycles. The SMILES string of the molecule is NC(=S)N1NC(c2ccc(Cl)cc2)C2=C1c1ccccc1CC2. The molecular formula is C18H16ClN3S. The van der Waals surface area contributed by atoms with E-state index in [1.165, 1.54) is 22.3 Å². The Labute approximate surface area is 145 Å². The van der Waals surface area contributed by atoms with Crippen LogP contribution in [-0.4, -0.2) is 10.1 Å². The van der Waals surface area contributed by atoms with Gasteiger partial charge in [0.15, 0.2) is 5.11 Å². The Kier molecular flexibility index (Phi) is 3.60. The van der Waals surface area contributed by atoms with Gasteiger partial charge in [-0.05, 0) is 53.9 Å². The van der Waals surface area contributed by atoms with Crippen LogP contribution in [0.3, 0.4) is 0 Å². The molecule has 0 amide bonds. The van der Waals surface area contributed by atoms with Crippen molar-refractivity contribution in [1.82, 2.24) is 10.4 Å². The van der Waals surface area contributed by atoms with Gasteiger partial charge < -0.3 is 5.73 Å². The molecule has 2 aromatic carbocycles. The Morgan fingerprint density at radius 1 is 1.13 bits per heavy atom. The molecule has 2 aromatic rings. The third-order valence-corrected chi connectivity index (χ3v) is 4.93. The topological polar surface area (TPSA) is 41.3 Å². The fourth-order valence-electron chi connectivity index (χ4n) is 3.45. The molecule has 1 aliphatic heterocycles. The van der Waals surface area contributed by atoms with Crippen molar-refractivity contribution in [3.05, 3.63) is 75.8 Å². The molecule has 0 bridgehead atoms. The van der Waals surface area contributed by atoms with E-state index in [0.29, 0.717) is 5.11 Å². The molecule has 1 heterocycles. The standard InChI is InChI=1S/C18H16ClN3S/c19-13-8-5-12(6-9-13)16-15-10-7-11-3-1-2-4-14(11)17(15)22(21-16)18(20)23/h1-6,8-9,16,21H,7,10H2,(H2,20,23). The van der Waals surface area contributed by atoms with E-state index in [0.717, 1.165) is 23.6 Å². The van der Waals surface area contributed by atoms with Crippen LogP contribution in [0.1, 0.15) is 29.2 Å². The first-order valence-electron chi connectivity index (χ1n) is 7.57. The first-order chi connectivity index (χ1) is 11.1. The number of nitrogens with two attached hydrogens (primary N) is 1. The van der Waals surface area contributed by atoms with E-state index >= 15 is 0 Å². The Morgan fingerprint density at radius 3 is 2.61 bits per heavy atom. The van der Waals surface area contributed by atoms with E-state index in [1.54, 1.807) is 0 Å². The van der Waals surface area contributed by atoms with Crippen molar-refractivity contribution < 1.29 is 0 Å². The lowest BCUT2D eigenvalue weighted by Gasteiger charge is -2.24. The molecule has 1 aliphatic carbocycles. The summed E-state index contributed by atoms with van der Waals surface area (Å²) in [4.78, 5) is 0. The van der Waals surface area contributed by atoms with Crippen LogP contribution in [0.5, 0.6) is 0 Å². The lowest BCUT2D eigenvalue weighted by atomic mass is 9.85. The smallest absolute Gasteiger partial charge is 0.185 e. The van der Waals surface area contributed by atoms with Gasteiger partial charge in [0, 0.05) is 10.6 Å². The Bertz CT molecular complexity index is 813. The second kappa shape index (κ2) is 5.64. The third kappa shape index (κ3) is 2.43. The summed E-state index contributed by atoms with van der Waals surface area (Å²) in [6.07, 6.45) is 2.03. The number of thiocarbonyl (C=S) groups is 1. The number of halogens is 1. The van der Waals surface area contributed by atoms with Gasteiger partial charge >= 0.3 is 0 Å². The Hall–Kier alpha value is -1.88. The summed E-state index contributed by atoms with van der Waals surface area (Å²) in [7, 11) is 0. The van der Waals surface area contributed by atoms with Crippen LogP contribution in [0.2, 0.25) is 5.02 Å². The highest BCUT2D eigenvalue weighted by Gasteiger charge is 2.36. The zero-order valence-electron chi connectivity index (χ0n) is 12.4. The van der Waals surface area contributed by atoms with E-state index in [4.69, 9.17) is 29.6 Å². The van der Waals surface area contributed by atoms with Gasteiger partial charge in [-0.3, -0.25) is 5.01 Å². The van der Waals surface area contributed by atoms with Crippen molar-refractivity contribution in [2.24, 2.45) is 5.73 Å². The molecule has 3 nitrogen and oxygen atoms in total. The predicted octanol–water partition coefficient (Wildman–Crippen LogP) is 3.80. The Balaban J connectivity index is 1.85. The molecule has 4 rings (SSSR count). The second-order valence-electron chi connectivity index (χ2n) is 5.82. The lowest BCUT2D eigenvalue weighted by Crippen LogP contribution is -2.41. The third-order valence-electron chi connectivity index (χ3n) is 4.49. The first kappa shape index (κ1) is 14.7. The minimum atomic E-state index is 0.0807. The number of hydrazine groups is 1. The molecule has 1 atom stereocenters. The van der Waals surface area contributed by atoms with Crippen molar-refractivity contribution in [3.63, 3.8) is 0 Å². The monoisotopic (exact) mass is 341 g/mol. The van der Waals surface area contributed by atoms with Crippen LogP contribution in [0.15, 0.2) is 54.1 Å². The maximum Gasteiger partial charge on any atom is 0.185 e. The van der Waals surface area contributed by atoms with Gasteiger partial charge in [0.25, 0.3) is 0 Å². The molecule has 0 aromatic heterocycles. The highest BCUT2D eigenvalue weighted by atomic mass is 35.5. The van der Waals surface area contributed by atoms with Crippen molar-refractivity contribution in [3.8, 4) is 0 Å². The molecule has 23 heavy (non-hydrogen) atoms. The van der Waals surface area contributed by atoms with E-state index < -0.39 is 0 Å². The average Bonchev–Trinajstić information content (AvgIpc) is 2.96. The van der Waals surface area contributed by atoms with Crippen molar-refractivity contribution in [2.75, 3.05) is 0 Å². The lowest BCUT2D eigenvalue weighted by molar-refractivity contribution is 0.418. The van der Waals surface area contributed by atoms with Gasteiger partial charge in [-0.15, -0.1) is 0 Å². The molecule has 5 heteroatoms. The van der Waals surface area contributed by atoms with Gasteiger partial charge in [0.2, 0.25) is 0 Å². The molecule has 2 aliphatic rings. The highest BCUT2D eigenvalue weighted by molar-refractivity contribution is 7.80. The maximum absolute atomic E-state index is 6.02. The first-order valence-corrected chi connectivity index (χ1v) is 8.36. The zero-order valence-corrected chi connectivity index (χ0v) is 14.0. The van der Waals surface area contributed by atoms with E-state index in [2.05, 4.69) is 29.7 Å². The number of aryl methyl sites for hydroxylation is 1. The van der Waals surface area contributed by atoms with Gasteiger partial charge in [-0.25, -0.2) is 5.43 Å². The van der Waals surface area contributed by atoms with Gasteiger partial charge in [-0.2, -0.15) is 0 Å². The quantitative estimate of drug-likeness (QED) is 0.774. The summed E-state index contributed by atoms with van der Waals surface area (Å²) in [5.41, 5.74) is 15.6.